The quantitative estimate of drug-likeness (QED) is 0.503. The number of carbonyl (C=O) groups is 1. The van der Waals surface area contributed by atoms with Crippen LogP contribution in [0.2, 0.25) is 0 Å². The molecule has 0 spiro atoms. The Kier molecular flexibility index (Phi) is 3.26. The highest BCUT2D eigenvalue weighted by Gasteiger charge is 2.42. The van der Waals surface area contributed by atoms with Gasteiger partial charge in [-0.05, 0) is 38.5 Å². The van der Waals surface area contributed by atoms with Gasteiger partial charge in [-0.15, -0.1) is 6.58 Å². The molecule has 0 radical (unpaired) electrons. The molecule has 1 unspecified atom stereocenters. The Hall–Kier alpha value is -0.630. The van der Waals surface area contributed by atoms with Crippen LogP contribution in [0.3, 0.4) is 0 Å². The van der Waals surface area contributed by atoms with Crippen molar-refractivity contribution in [3.63, 3.8) is 0 Å². The van der Waals surface area contributed by atoms with E-state index in [0.717, 1.165) is 25.7 Å². The lowest BCUT2D eigenvalue weighted by Gasteiger charge is -2.22. The molecule has 0 aromatic rings. The number of unbranched alkanes of at least 4 members (excludes halogenated alkanes) is 1. The van der Waals surface area contributed by atoms with Gasteiger partial charge in [-0.25, -0.2) is 0 Å². The van der Waals surface area contributed by atoms with E-state index in [4.69, 9.17) is 5.73 Å². The summed E-state index contributed by atoms with van der Waals surface area (Å²) in [6.07, 6.45) is 6.50. The van der Waals surface area contributed by atoms with Crippen LogP contribution in [0.5, 0.6) is 0 Å². The van der Waals surface area contributed by atoms with Crippen molar-refractivity contribution in [1.29, 1.82) is 0 Å². The van der Waals surface area contributed by atoms with E-state index in [1.54, 1.807) is 0 Å². The zero-order valence-electron chi connectivity index (χ0n) is 8.38. The Morgan fingerprint density at radius 1 is 1.69 bits per heavy atom. The highest BCUT2D eigenvalue weighted by molar-refractivity contribution is 5.88. The standard InChI is InChI=1S/C11H19NO/c1-3-4-5-6-10(13)11(2,12)9-7-8-9/h3,9H,1,4-8,12H2,2H3. The SMILES string of the molecule is C=CCCCC(=O)C(C)(N)C1CC1. The maximum Gasteiger partial charge on any atom is 0.152 e. The van der Waals surface area contributed by atoms with E-state index >= 15 is 0 Å². The summed E-state index contributed by atoms with van der Waals surface area (Å²) in [6.45, 7) is 5.50. The predicted octanol–water partition coefficient (Wildman–Crippen LogP) is 2.04. The van der Waals surface area contributed by atoms with Gasteiger partial charge in [0.15, 0.2) is 5.78 Å². The average molecular weight is 181 g/mol. The third-order valence-corrected chi connectivity index (χ3v) is 2.84. The number of Topliss-reactive ketones (excluding diaryl/α,β-unsaturated/α-hetero) is 1. The van der Waals surface area contributed by atoms with Gasteiger partial charge in [-0.2, -0.15) is 0 Å². The molecule has 0 bridgehead atoms. The molecule has 0 aromatic carbocycles. The second-order valence-electron chi connectivity index (χ2n) is 4.16. The normalized spacial score (nSPS) is 20.8. The molecule has 1 atom stereocenters. The summed E-state index contributed by atoms with van der Waals surface area (Å²) in [4.78, 5) is 11.7. The van der Waals surface area contributed by atoms with Crippen LogP contribution in [0.25, 0.3) is 0 Å². The summed E-state index contributed by atoms with van der Waals surface area (Å²) >= 11 is 0. The molecule has 1 rings (SSSR count). The van der Waals surface area contributed by atoms with Crippen molar-refractivity contribution in [2.45, 2.75) is 44.6 Å². The smallest absolute Gasteiger partial charge is 0.152 e. The number of ketones is 1. The minimum atomic E-state index is -0.554. The molecule has 0 aromatic heterocycles. The van der Waals surface area contributed by atoms with Crippen molar-refractivity contribution in [3.8, 4) is 0 Å². The molecule has 2 heteroatoms. The van der Waals surface area contributed by atoms with Crippen molar-refractivity contribution in [1.82, 2.24) is 0 Å². The van der Waals surface area contributed by atoms with Crippen LogP contribution in [-0.2, 0) is 4.79 Å². The summed E-state index contributed by atoms with van der Waals surface area (Å²) in [5, 5.41) is 0. The highest BCUT2D eigenvalue weighted by atomic mass is 16.1. The Balaban J connectivity index is 2.32. The highest BCUT2D eigenvalue weighted by Crippen LogP contribution is 2.39. The van der Waals surface area contributed by atoms with Crippen LogP contribution >= 0.6 is 0 Å². The first-order valence-corrected chi connectivity index (χ1v) is 5.02. The van der Waals surface area contributed by atoms with Crippen LogP contribution in [-0.4, -0.2) is 11.3 Å². The number of nitrogens with two attached hydrogens (primary N) is 1. The van der Waals surface area contributed by atoms with E-state index in [1.165, 1.54) is 0 Å². The van der Waals surface area contributed by atoms with Crippen LogP contribution in [0.15, 0.2) is 12.7 Å². The minimum absolute atomic E-state index is 0.219. The van der Waals surface area contributed by atoms with Gasteiger partial charge in [-0.1, -0.05) is 6.08 Å². The zero-order valence-corrected chi connectivity index (χ0v) is 8.38. The maximum atomic E-state index is 11.7. The molecular weight excluding hydrogens is 162 g/mol. The maximum absolute atomic E-state index is 11.7. The van der Waals surface area contributed by atoms with E-state index in [-0.39, 0.29) is 5.78 Å². The van der Waals surface area contributed by atoms with Gasteiger partial charge in [0.25, 0.3) is 0 Å². The zero-order chi connectivity index (χ0) is 9.90. The van der Waals surface area contributed by atoms with E-state index in [1.807, 2.05) is 13.0 Å². The Morgan fingerprint density at radius 3 is 2.77 bits per heavy atom. The first-order chi connectivity index (χ1) is 6.09. The Labute approximate surface area is 80.2 Å². The molecule has 2 nitrogen and oxygen atoms in total. The fourth-order valence-corrected chi connectivity index (χ4v) is 1.59. The lowest BCUT2D eigenvalue weighted by molar-refractivity contribution is -0.124. The fourth-order valence-electron chi connectivity index (χ4n) is 1.59. The molecule has 0 aliphatic heterocycles. The number of hydrogen-bond acceptors (Lipinski definition) is 2. The van der Waals surface area contributed by atoms with E-state index in [2.05, 4.69) is 6.58 Å². The minimum Gasteiger partial charge on any atom is -0.319 e. The van der Waals surface area contributed by atoms with Gasteiger partial charge in [0.2, 0.25) is 0 Å². The summed E-state index contributed by atoms with van der Waals surface area (Å²) in [6, 6.07) is 0. The van der Waals surface area contributed by atoms with Crippen LogP contribution in [0.4, 0.5) is 0 Å². The molecule has 1 aliphatic rings. The van der Waals surface area contributed by atoms with Crippen LogP contribution < -0.4 is 5.73 Å². The molecule has 2 N–H and O–H groups in total. The van der Waals surface area contributed by atoms with Crippen LogP contribution in [0.1, 0.15) is 39.0 Å². The molecule has 1 aliphatic carbocycles. The summed E-state index contributed by atoms with van der Waals surface area (Å²) < 4.78 is 0. The molecule has 1 saturated carbocycles. The summed E-state index contributed by atoms with van der Waals surface area (Å²) in [5.74, 6) is 0.667. The first-order valence-electron chi connectivity index (χ1n) is 5.02. The van der Waals surface area contributed by atoms with Crippen molar-refractivity contribution in [2.24, 2.45) is 11.7 Å². The molecule has 0 heterocycles. The van der Waals surface area contributed by atoms with E-state index in [0.29, 0.717) is 12.3 Å². The predicted molar refractivity (Wildman–Crippen MR) is 54.4 cm³/mol. The molecular formula is C11H19NO. The number of rotatable bonds is 6. The van der Waals surface area contributed by atoms with Crippen molar-refractivity contribution in [2.75, 3.05) is 0 Å². The summed E-state index contributed by atoms with van der Waals surface area (Å²) in [5.41, 5.74) is 5.42. The van der Waals surface area contributed by atoms with Gasteiger partial charge in [0.05, 0.1) is 5.54 Å². The van der Waals surface area contributed by atoms with Gasteiger partial charge < -0.3 is 5.73 Å². The van der Waals surface area contributed by atoms with Crippen molar-refractivity contribution >= 4 is 5.78 Å². The van der Waals surface area contributed by atoms with Gasteiger partial charge >= 0.3 is 0 Å². The van der Waals surface area contributed by atoms with Crippen LogP contribution in [0, 0.1) is 5.92 Å². The molecule has 13 heavy (non-hydrogen) atoms. The van der Waals surface area contributed by atoms with Crippen molar-refractivity contribution in [3.05, 3.63) is 12.7 Å². The number of hydrogen-bond donors (Lipinski definition) is 1. The number of carbonyl (C=O) groups excluding carboxylic acids is 1. The lowest BCUT2D eigenvalue weighted by Crippen LogP contribution is -2.46. The second kappa shape index (κ2) is 4.05. The first kappa shape index (κ1) is 10.5. The monoisotopic (exact) mass is 181 g/mol. The van der Waals surface area contributed by atoms with Gasteiger partial charge in [0.1, 0.15) is 0 Å². The lowest BCUT2D eigenvalue weighted by atomic mass is 9.89. The molecule has 74 valence electrons. The van der Waals surface area contributed by atoms with Crippen molar-refractivity contribution < 1.29 is 4.79 Å². The van der Waals surface area contributed by atoms with E-state index in [9.17, 15) is 4.79 Å². The topological polar surface area (TPSA) is 43.1 Å². The van der Waals surface area contributed by atoms with Gasteiger partial charge in [-0.3, -0.25) is 4.79 Å². The average Bonchev–Trinajstić information content (AvgIpc) is 2.86. The number of allylic oxidation sites excluding steroid dienone is 1. The molecule has 1 fully saturated rings. The third kappa shape index (κ3) is 2.66. The molecule has 0 saturated heterocycles. The van der Waals surface area contributed by atoms with E-state index < -0.39 is 5.54 Å². The Morgan fingerprint density at radius 2 is 2.31 bits per heavy atom. The molecule has 0 amide bonds. The fraction of sp³-hybridized carbons (Fsp3) is 0.727. The van der Waals surface area contributed by atoms with Gasteiger partial charge in [0, 0.05) is 6.42 Å². The second-order valence-corrected chi connectivity index (χ2v) is 4.16. The Bertz CT molecular complexity index is 204. The largest absolute Gasteiger partial charge is 0.319 e. The third-order valence-electron chi connectivity index (χ3n) is 2.84. The summed E-state index contributed by atoms with van der Waals surface area (Å²) in [7, 11) is 0.